The van der Waals surface area contributed by atoms with E-state index in [2.05, 4.69) is 0 Å². The molecule has 0 aromatic heterocycles. The van der Waals surface area contributed by atoms with Gasteiger partial charge in [-0.3, -0.25) is 0 Å². The molecule has 19 heavy (non-hydrogen) atoms. The lowest BCUT2D eigenvalue weighted by molar-refractivity contribution is -0.627. The van der Waals surface area contributed by atoms with Gasteiger partial charge >= 0.3 is 0 Å². The molecule has 108 valence electrons. The van der Waals surface area contributed by atoms with Gasteiger partial charge < -0.3 is 84.7 Å². The summed E-state index contributed by atoms with van der Waals surface area (Å²) in [5.74, 6) is 0. The van der Waals surface area contributed by atoms with E-state index in [1.165, 1.54) is 0 Å². The van der Waals surface area contributed by atoms with Gasteiger partial charge in [-0.1, -0.05) is 0 Å². The highest BCUT2D eigenvalue weighted by molar-refractivity contribution is 6.39. The lowest BCUT2D eigenvalue weighted by atomic mass is 15.7. The van der Waals surface area contributed by atoms with Crippen LogP contribution in [0.4, 0.5) is 0 Å². The Balaban J connectivity index is -0.0000000206. The number of rotatable bonds is 0. The molecule has 0 N–H and O–H groups in total. The van der Waals surface area contributed by atoms with Gasteiger partial charge in [0.05, 0.1) is 0 Å². The Morgan fingerprint density at radius 1 is 0.263 bits per heavy atom. The largest absolute Gasteiger partial charge is 0.894 e. The molecule has 0 aliphatic carbocycles. The Kier molecular flexibility index (Phi) is 41.5. The minimum Gasteiger partial charge on any atom is -0.894 e. The summed E-state index contributed by atoms with van der Waals surface area (Å²) in [5.41, 5.74) is 0. The maximum absolute atomic E-state index is 8.58. The zero-order valence-electron chi connectivity index (χ0n) is 8.71. The van der Waals surface area contributed by atoms with Gasteiger partial charge in [0.1, 0.15) is 0 Å². The second-order valence-corrected chi connectivity index (χ2v) is 4.50. The molecule has 19 heteroatoms. The molecule has 0 fully saturated rings. The number of hydrogen-bond donors (Lipinski definition) is 0. The van der Waals surface area contributed by atoms with E-state index in [0.29, 0.717) is 0 Å². The topological polar surface area (TPSA) is 277 Å². The van der Waals surface area contributed by atoms with E-state index in [4.69, 9.17) is 57.5 Å². The first kappa shape index (κ1) is 42.9. The first-order chi connectivity index (χ1) is 6.00. The van der Waals surface area contributed by atoms with Crippen molar-refractivity contribution in [3.63, 3.8) is 0 Å². The maximum atomic E-state index is 8.58. The van der Waals surface area contributed by atoms with Crippen molar-refractivity contribution in [3.8, 4) is 0 Å². The molecule has 0 heterocycles. The van der Waals surface area contributed by atoms with E-state index in [1.54, 1.807) is 0 Å². The SMILES string of the molecule is [Al].[Al].[Al].[Al].[O-][Si]([O-])([O-])[O-].[O-][Si]([O-])([O-])[O-].[O-][Si]([O-])([O-])[O-]. The molecule has 0 rings (SSSR count). The van der Waals surface area contributed by atoms with E-state index in [0.717, 1.165) is 0 Å². The van der Waals surface area contributed by atoms with Gasteiger partial charge in [0.25, 0.3) is 0 Å². The molecule has 0 unspecified atom stereocenters. The fourth-order valence-electron chi connectivity index (χ4n) is 0. The first-order valence-corrected chi connectivity index (χ1v) is 7.35. The molecule has 0 aromatic carbocycles. The summed E-state index contributed by atoms with van der Waals surface area (Å²) in [5, 5.41) is 0. The highest BCUT2D eigenvalue weighted by Gasteiger charge is 1.36. The lowest BCUT2D eigenvalue weighted by Crippen LogP contribution is -2.82. The molecule has 0 saturated carbocycles. The maximum Gasteiger partial charge on any atom is 0 e. The van der Waals surface area contributed by atoms with Crippen LogP contribution in [0.15, 0.2) is 0 Å². The highest BCUT2D eigenvalue weighted by atomic mass is 28.4. The Morgan fingerprint density at radius 2 is 0.263 bits per heavy atom. The molecule has 0 aliphatic rings. The summed E-state index contributed by atoms with van der Waals surface area (Å²) in [6.07, 6.45) is 0. The third-order valence-corrected chi connectivity index (χ3v) is 0. The standard InChI is InChI=1S/4Al.3O4Si/c;;;;3*1-5(2,3)4/q;;;;3*-4. The van der Waals surface area contributed by atoms with E-state index in [1.807, 2.05) is 0 Å². The molecule has 0 amide bonds. The molecule has 0 saturated heterocycles. The van der Waals surface area contributed by atoms with Crippen molar-refractivity contribution in [2.24, 2.45) is 0 Å². The van der Waals surface area contributed by atoms with Crippen LogP contribution in [-0.4, -0.2) is 96.6 Å². The van der Waals surface area contributed by atoms with Crippen LogP contribution in [0, 0.1) is 0 Å². The van der Waals surface area contributed by atoms with Gasteiger partial charge in [-0.05, 0) is 0 Å². The van der Waals surface area contributed by atoms with Crippen LogP contribution in [0.5, 0.6) is 0 Å². The molecule has 0 bridgehead atoms. The van der Waals surface area contributed by atoms with Crippen LogP contribution in [0.1, 0.15) is 0 Å². The van der Waals surface area contributed by atoms with Crippen LogP contribution in [0.3, 0.4) is 0 Å². The molecule has 0 aromatic rings. The monoisotopic (exact) mass is 384 g/mol. The Hall–Kier alpha value is 2.30. The van der Waals surface area contributed by atoms with Crippen molar-refractivity contribution in [1.82, 2.24) is 0 Å². The quantitative estimate of drug-likeness (QED) is 0.352. The van der Waals surface area contributed by atoms with E-state index >= 15 is 0 Å². The second-order valence-electron chi connectivity index (χ2n) is 1.50. The lowest BCUT2D eigenvalue weighted by Gasteiger charge is -2.67. The van der Waals surface area contributed by atoms with Crippen LogP contribution in [0.25, 0.3) is 0 Å². The summed E-state index contributed by atoms with van der Waals surface area (Å²) >= 11 is 0. The normalized spacial score (nSPS) is 9.47. The third-order valence-electron chi connectivity index (χ3n) is 0. The first-order valence-electron chi connectivity index (χ1n) is 2.45. The molecule has 0 spiro atoms. The van der Waals surface area contributed by atoms with Crippen molar-refractivity contribution in [3.05, 3.63) is 0 Å². The molecular weight excluding hydrogens is 384 g/mol. The minimum atomic E-state index is -5.61. The van der Waals surface area contributed by atoms with Crippen molar-refractivity contribution in [2.45, 2.75) is 0 Å². The molecule has 0 atom stereocenters. The zero-order valence-corrected chi connectivity index (χ0v) is 16.3. The third kappa shape index (κ3) is 1280. The molecule has 12 nitrogen and oxygen atoms in total. The fraction of sp³-hybridized carbons (Fsp3) is 0. The average molecular weight is 384 g/mol. The number of hydrogen-bond acceptors (Lipinski definition) is 12. The summed E-state index contributed by atoms with van der Waals surface area (Å²) in [7, 11) is -16.8. The fourth-order valence-corrected chi connectivity index (χ4v) is 0. The van der Waals surface area contributed by atoms with Crippen molar-refractivity contribution >= 4 is 96.6 Å². The van der Waals surface area contributed by atoms with E-state index in [-0.39, 0.29) is 69.4 Å². The summed E-state index contributed by atoms with van der Waals surface area (Å²) in [6.45, 7) is 0. The van der Waals surface area contributed by atoms with E-state index in [9.17, 15) is 0 Å². The van der Waals surface area contributed by atoms with Crippen molar-refractivity contribution in [2.75, 3.05) is 0 Å². The smallest absolute Gasteiger partial charge is 0 e. The molecule has 0 aliphatic heterocycles. The Bertz CT molecular complexity index is 100.0. The summed E-state index contributed by atoms with van der Waals surface area (Å²) < 4.78 is 0. The molecular formula is Al4O12Si3-12. The van der Waals surface area contributed by atoms with Crippen molar-refractivity contribution in [1.29, 1.82) is 0 Å². The summed E-state index contributed by atoms with van der Waals surface area (Å²) in [6, 6.07) is 0. The highest BCUT2D eigenvalue weighted by Crippen LogP contribution is 1.27. The zero-order chi connectivity index (χ0) is 13.5. The predicted octanol–water partition coefficient (Wildman–Crippen LogP) is -16.9. The van der Waals surface area contributed by atoms with Gasteiger partial charge in [-0.2, -0.15) is 0 Å². The predicted molar refractivity (Wildman–Crippen MR) is 40.3 cm³/mol. The van der Waals surface area contributed by atoms with Crippen LogP contribution in [0.2, 0.25) is 0 Å². The Labute approximate surface area is 153 Å². The van der Waals surface area contributed by atoms with Gasteiger partial charge in [0.2, 0.25) is 0 Å². The molecule has 12 radical (unpaired) electrons. The van der Waals surface area contributed by atoms with Gasteiger partial charge in [-0.25, -0.2) is 0 Å². The van der Waals surface area contributed by atoms with Gasteiger partial charge in [0.15, 0.2) is 0 Å². The average Bonchev–Trinajstić information content (AvgIpc) is 1.41. The van der Waals surface area contributed by atoms with Gasteiger partial charge in [-0.15, -0.1) is 0 Å². The van der Waals surface area contributed by atoms with Crippen LogP contribution in [-0.2, 0) is 0 Å². The van der Waals surface area contributed by atoms with Crippen LogP contribution >= 0.6 is 0 Å². The Morgan fingerprint density at radius 3 is 0.263 bits per heavy atom. The van der Waals surface area contributed by atoms with Gasteiger partial charge in [0, 0.05) is 69.4 Å². The summed E-state index contributed by atoms with van der Waals surface area (Å²) in [4.78, 5) is 103. The second kappa shape index (κ2) is 18.3. The van der Waals surface area contributed by atoms with Crippen LogP contribution < -0.4 is 57.5 Å². The minimum absolute atomic E-state index is 0. The van der Waals surface area contributed by atoms with Crippen molar-refractivity contribution < 1.29 is 57.5 Å². The van der Waals surface area contributed by atoms with E-state index < -0.39 is 27.1 Å².